The molecule has 9 heteroatoms. The van der Waals surface area contributed by atoms with Gasteiger partial charge in [0.15, 0.2) is 5.96 Å². The minimum Gasteiger partial charge on any atom is -0.370 e. The lowest BCUT2D eigenvalue weighted by molar-refractivity contribution is 0.594. The van der Waals surface area contributed by atoms with Crippen molar-refractivity contribution in [2.45, 2.75) is 26.8 Å². The fourth-order valence-electron chi connectivity index (χ4n) is 2.94. The van der Waals surface area contributed by atoms with Crippen LogP contribution in [0, 0.1) is 19.7 Å². The normalized spacial score (nSPS) is 16.0. The Balaban J connectivity index is 0.00000280. The van der Waals surface area contributed by atoms with Crippen LogP contribution in [-0.4, -0.2) is 26.7 Å². The number of anilines is 2. The average Bonchev–Trinajstić information content (AvgIpc) is 2.95. The van der Waals surface area contributed by atoms with E-state index in [9.17, 15) is 12.8 Å². The van der Waals surface area contributed by atoms with Gasteiger partial charge in [-0.05, 0) is 61.2 Å². The number of nitrogens with zero attached hydrogens (tertiary/aromatic N) is 2. The van der Waals surface area contributed by atoms with Crippen LogP contribution in [0.1, 0.15) is 23.1 Å². The molecule has 0 aliphatic carbocycles. The van der Waals surface area contributed by atoms with Crippen molar-refractivity contribution in [1.29, 1.82) is 0 Å². The van der Waals surface area contributed by atoms with Gasteiger partial charge in [0.1, 0.15) is 5.82 Å². The van der Waals surface area contributed by atoms with Gasteiger partial charge < -0.3 is 11.1 Å². The average molecular weight is 518 g/mol. The van der Waals surface area contributed by atoms with E-state index in [2.05, 4.69) is 10.3 Å². The zero-order valence-electron chi connectivity index (χ0n) is 15.8. The van der Waals surface area contributed by atoms with Crippen LogP contribution in [0.25, 0.3) is 0 Å². The number of halogens is 2. The molecule has 2 aromatic carbocycles. The van der Waals surface area contributed by atoms with Crippen molar-refractivity contribution in [3.8, 4) is 0 Å². The Bertz CT molecular complexity index is 995. The molecule has 0 saturated carbocycles. The molecular weight excluding hydrogens is 494 g/mol. The number of guanidine groups is 1. The van der Waals surface area contributed by atoms with E-state index in [1.807, 2.05) is 32.0 Å². The van der Waals surface area contributed by atoms with E-state index in [-0.39, 0.29) is 47.9 Å². The number of hydrogen-bond acceptors (Lipinski definition) is 3. The van der Waals surface area contributed by atoms with Gasteiger partial charge in [-0.15, -0.1) is 24.0 Å². The third kappa shape index (κ3) is 5.13. The number of aliphatic imine (C=N–C) groups is 1. The molecule has 0 aromatic heterocycles. The first-order valence-corrected chi connectivity index (χ1v) is 10.3. The molecule has 6 nitrogen and oxygen atoms in total. The summed E-state index contributed by atoms with van der Waals surface area (Å²) >= 11 is 0. The van der Waals surface area contributed by atoms with Crippen LogP contribution in [0.15, 0.2) is 41.4 Å². The van der Waals surface area contributed by atoms with E-state index in [1.54, 1.807) is 6.07 Å². The van der Waals surface area contributed by atoms with Crippen molar-refractivity contribution >= 4 is 51.3 Å². The lowest BCUT2D eigenvalue weighted by Gasteiger charge is -2.17. The quantitative estimate of drug-likeness (QED) is 0.369. The first-order valence-electron chi connectivity index (χ1n) is 8.69. The minimum absolute atomic E-state index is 0. The molecule has 1 heterocycles. The molecule has 152 valence electrons. The second kappa shape index (κ2) is 9.08. The van der Waals surface area contributed by atoms with Crippen molar-refractivity contribution in [2.24, 2.45) is 10.7 Å². The van der Waals surface area contributed by atoms with Crippen molar-refractivity contribution in [3.63, 3.8) is 0 Å². The van der Waals surface area contributed by atoms with E-state index in [0.29, 0.717) is 18.5 Å². The maximum Gasteiger partial charge on any atom is 0.235 e. The molecule has 0 amide bonds. The summed E-state index contributed by atoms with van der Waals surface area (Å²) in [5, 5.41) is 3.01. The maximum atomic E-state index is 14.4. The molecule has 0 radical (unpaired) electrons. The highest BCUT2D eigenvalue weighted by atomic mass is 127. The summed E-state index contributed by atoms with van der Waals surface area (Å²) in [5.74, 6) is -0.294. The van der Waals surface area contributed by atoms with Crippen LogP contribution in [0.4, 0.5) is 15.8 Å². The van der Waals surface area contributed by atoms with E-state index in [1.165, 1.54) is 17.7 Å². The first-order chi connectivity index (χ1) is 12.8. The third-order valence-electron chi connectivity index (χ3n) is 4.59. The second-order valence-corrected chi connectivity index (χ2v) is 8.67. The van der Waals surface area contributed by atoms with E-state index in [0.717, 1.165) is 15.6 Å². The molecule has 0 unspecified atom stereocenters. The van der Waals surface area contributed by atoms with Crippen molar-refractivity contribution < 1.29 is 12.8 Å². The van der Waals surface area contributed by atoms with Crippen molar-refractivity contribution in [1.82, 2.24) is 0 Å². The Hall–Kier alpha value is -1.88. The van der Waals surface area contributed by atoms with Gasteiger partial charge in [0.2, 0.25) is 10.0 Å². The Morgan fingerprint density at radius 3 is 2.57 bits per heavy atom. The second-order valence-electron chi connectivity index (χ2n) is 6.65. The summed E-state index contributed by atoms with van der Waals surface area (Å²) < 4.78 is 39.4. The van der Waals surface area contributed by atoms with Crippen LogP contribution in [0.3, 0.4) is 0 Å². The molecule has 0 bridgehead atoms. The van der Waals surface area contributed by atoms with Gasteiger partial charge in [-0.3, -0.25) is 4.31 Å². The highest BCUT2D eigenvalue weighted by molar-refractivity contribution is 14.0. The molecule has 1 fully saturated rings. The molecule has 1 saturated heterocycles. The Morgan fingerprint density at radius 2 is 1.96 bits per heavy atom. The highest BCUT2D eigenvalue weighted by Crippen LogP contribution is 2.27. The first kappa shape index (κ1) is 22.4. The molecule has 1 aliphatic heterocycles. The zero-order valence-corrected chi connectivity index (χ0v) is 18.9. The number of sulfonamides is 1. The number of rotatable bonds is 4. The monoisotopic (exact) mass is 518 g/mol. The number of nitrogens with two attached hydrogens (primary N) is 1. The zero-order chi connectivity index (χ0) is 19.6. The van der Waals surface area contributed by atoms with E-state index in [4.69, 9.17) is 5.73 Å². The van der Waals surface area contributed by atoms with Gasteiger partial charge in [0, 0.05) is 12.2 Å². The summed E-state index contributed by atoms with van der Waals surface area (Å²) in [5.41, 5.74) is 9.76. The molecule has 3 rings (SSSR count). The van der Waals surface area contributed by atoms with Gasteiger partial charge >= 0.3 is 0 Å². The number of aryl methyl sites for hydroxylation is 2. The summed E-state index contributed by atoms with van der Waals surface area (Å²) in [6, 6.07) is 10.3. The third-order valence-corrected chi connectivity index (χ3v) is 6.45. The molecule has 1 aliphatic rings. The SMILES string of the molecule is Cc1ccc(NC(N)=NCc2ccc(N3CCCS3(=O)=O)c(F)c2)cc1C.I. The summed E-state index contributed by atoms with van der Waals surface area (Å²) in [6.07, 6.45) is 0.508. The van der Waals surface area contributed by atoms with Gasteiger partial charge in [-0.2, -0.15) is 0 Å². The lowest BCUT2D eigenvalue weighted by Crippen LogP contribution is -2.26. The molecule has 0 spiro atoms. The fourth-order valence-corrected chi connectivity index (χ4v) is 4.51. The lowest BCUT2D eigenvalue weighted by atomic mass is 10.1. The number of nitrogens with one attached hydrogen (secondary N) is 1. The Morgan fingerprint density at radius 1 is 1.21 bits per heavy atom. The smallest absolute Gasteiger partial charge is 0.235 e. The largest absolute Gasteiger partial charge is 0.370 e. The van der Waals surface area contributed by atoms with Crippen LogP contribution < -0.4 is 15.4 Å². The molecule has 0 atom stereocenters. The topological polar surface area (TPSA) is 87.8 Å². The molecule has 3 N–H and O–H groups in total. The fraction of sp³-hybridized carbons (Fsp3) is 0.316. The predicted octanol–water partition coefficient (Wildman–Crippen LogP) is 3.53. The maximum absolute atomic E-state index is 14.4. The van der Waals surface area contributed by atoms with Gasteiger partial charge in [0.25, 0.3) is 0 Å². The molecule has 28 heavy (non-hydrogen) atoms. The standard InChI is InChI=1S/C19H23FN4O2S.HI/c1-13-4-6-16(10-14(13)2)23-19(21)22-12-15-5-7-18(17(20)11-15)24-8-3-9-27(24,25)26;/h4-7,10-11H,3,8-9,12H2,1-2H3,(H3,21,22,23);1H. The highest BCUT2D eigenvalue weighted by Gasteiger charge is 2.30. The van der Waals surface area contributed by atoms with Gasteiger partial charge in [-0.1, -0.05) is 12.1 Å². The Labute approximate surface area is 182 Å². The van der Waals surface area contributed by atoms with Crippen molar-refractivity contribution in [3.05, 3.63) is 58.9 Å². The van der Waals surface area contributed by atoms with E-state index >= 15 is 0 Å². The Kier molecular flexibility index (Phi) is 7.27. The minimum atomic E-state index is -3.41. The van der Waals surface area contributed by atoms with E-state index < -0.39 is 15.8 Å². The predicted molar refractivity (Wildman–Crippen MR) is 122 cm³/mol. The van der Waals surface area contributed by atoms with Crippen LogP contribution in [-0.2, 0) is 16.6 Å². The number of hydrogen-bond donors (Lipinski definition) is 2. The van der Waals surface area contributed by atoms with Gasteiger partial charge in [-0.25, -0.2) is 17.8 Å². The summed E-state index contributed by atoms with van der Waals surface area (Å²) in [6.45, 7) is 4.54. The van der Waals surface area contributed by atoms with Crippen LogP contribution in [0.2, 0.25) is 0 Å². The summed E-state index contributed by atoms with van der Waals surface area (Å²) in [4.78, 5) is 4.22. The van der Waals surface area contributed by atoms with Gasteiger partial charge in [0.05, 0.1) is 18.0 Å². The molecular formula is C19H24FIN4O2S. The van der Waals surface area contributed by atoms with Crippen molar-refractivity contribution in [2.75, 3.05) is 21.9 Å². The van der Waals surface area contributed by atoms with Crippen LogP contribution >= 0.6 is 24.0 Å². The molecule has 2 aromatic rings. The summed E-state index contributed by atoms with van der Waals surface area (Å²) in [7, 11) is -3.41. The van der Waals surface area contributed by atoms with Crippen LogP contribution in [0.5, 0.6) is 0 Å². The number of benzene rings is 2.